The average molecular weight is 222 g/mol. The van der Waals surface area contributed by atoms with Crippen LogP contribution in [0, 0.1) is 6.92 Å². The number of benzene rings is 1. The lowest BCUT2D eigenvalue weighted by atomic mass is 10.2. The minimum Gasteiger partial charge on any atom is -0.497 e. The van der Waals surface area contributed by atoms with Crippen molar-refractivity contribution in [1.82, 2.24) is 0 Å². The van der Waals surface area contributed by atoms with Gasteiger partial charge >= 0.3 is 6.09 Å². The molecule has 0 saturated heterocycles. The van der Waals surface area contributed by atoms with Gasteiger partial charge in [-0.15, -0.1) is 5.11 Å². The minimum absolute atomic E-state index is 0.287. The molecule has 86 valence electrons. The van der Waals surface area contributed by atoms with E-state index in [0.29, 0.717) is 11.4 Å². The van der Waals surface area contributed by atoms with Gasteiger partial charge in [-0.25, -0.2) is 4.79 Å². The molecule has 0 aliphatic rings. The highest BCUT2D eigenvalue weighted by molar-refractivity contribution is 5.68. The van der Waals surface area contributed by atoms with E-state index in [9.17, 15) is 4.79 Å². The van der Waals surface area contributed by atoms with Crippen molar-refractivity contribution in [2.24, 2.45) is 10.2 Å². The zero-order valence-corrected chi connectivity index (χ0v) is 9.56. The van der Waals surface area contributed by atoms with Crippen LogP contribution in [0.2, 0.25) is 0 Å². The van der Waals surface area contributed by atoms with Gasteiger partial charge in [-0.05, 0) is 31.5 Å². The van der Waals surface area contributed by atoms with E-state index in [1.165, 1.54) is 0 Å². The number of nitrogens with zero attached hydrogens (tertiary/aromatic N) is 2. The van der Waals surface area contributed by atoms with Crippen LogP contribution in [-0.4, -0.2) is 19.8 Å². The van der Waals surface area contributed by atoms with Gasteiger partial charge in [-0.1, -0.05) is 5.11 Å². The van der Waals surface area contributed by atoms with Crippen LogP contribution >= 0.6 is 0 Å². The smallest absolute Gasteiger partial charge is 0.452 e. The summed E-state index contributed by atoms with van der Waals surface area (Å²) in [5.41, 5.74) is 1.54. The van der Waals surface area contributed by atoms with Crippen molar-refractivity contribution >= 4 is 11.8 Å². The molecular weight excluding hydrogens is 208 g/mol. The highest BCUT2D eigenvalue weighted by atomic mass is 16.5. The Bertz CT molecular complexity index is 402. The summed E-state index contributed by atoms with van der Waals surface area (Å²) in [6, 6.07) is 5.35. The van der Waals surface area contributed by atoms with E-state index in [-0.39, 0.29) is 6.61 Å². The number of carbonyl (C=O) groups excluding carboxylic acids is 1. The van der Waals surface area contributed by atoms with Gasteiger partial charge < -0.3 is 9.47 Å². The van der Waals surface area contributed by atoms with Crippen LogP contribution < -0.4 is 4.74 Å². The van der Waals surface area contributed by atoms with E-state index in [2.05, 4.69) is 15.0 Å². The summed E-state index contributed by atoms with van der Waals surface area (Å²) in [7, 11) is 1.57. The van der Waals surface area contributed by atoms with Crippen LogP contribution in [0.4, 0.5) is 10.5 Å². The summed E-state index contributed by atoms with van der Waals surface area (Å²) in [4.78, 5) is 10.9. The van der Waals surface area contributed by atoms with Gasteiger partial charge in [0.2, 0.25) is 0 Å². The van der Waals surface area contributed by atoms with Crippen molar-refractivity contribution in [3.05, 3.63) is 23.8 Å². The second-order valence-electron chi connectivity index (χ2n) is 3.11. The molecule has 1 rings (SSSR count). The maximum absolute atomic E-state index is 10.9. The maximum atomic E-state index is 10.9. The number of ether oxygens (including phenoxy) is 2. The van der Waals surface area contributed by atoms with Crippen molar-refractivity contribution in [3.8, 4) is 5.75 Å². The maximum Gasteiger partial charge on any atom is 0.452 e. The predicted octanol–water partition coefficient (Wildman–Crippen LogP) is 3.24. The van der Waals surface area contributed by atoms with Gasteiger partial charge in [0.15, 0.2) is 0 Å². The molecule has 1 amide bonds. The number of amides is 1. The van der Waals surface area contributed by atoms with Crippen LogP contribution in [0.25, 0.3) is 0 Å². The first kappa shape index (κ1) is 12.2. The lowest BCUT2D eigenvalue weighted by molar-refractivity contribution is 0.162. The molecule has 0 N–H and O–H groups in total. The Morgan fingerprint density at radius 3 is 2.75 bits per heavy atom. The number of aryl methyl sites for hydroxylation is 1. The lowest BCUT2D eigenvalue weighted by Crippen LogP contribution is -1.95. The van der Waals surface area contributed by atoms with Gasteiger partial charge in [-0.3, -0.25) is 0 Å². The van der Waals surface area contributed by atoms with Gasteiger partial charge in [0, 0.05) is 6.07 Å². The molecule has 0 spiro atoms. The van der Waals surface area contributed by atoms with Gasteiger partial charge in [-0.2, -0.15) is 0 Å². The van der Waals surface area contributed by atoms with Crippen LogP contribution in [-0.2, 0) is 4.74 Å². The molecule has 0 aliphatic carbocycles. The first-order chi connectivity index (χ1) is 7.65. The largest absolute Gasteiger partial charge is 0.497 e. The van der Waals surface area contributed by atoms with E-state index in [1.807, 2.05) is 13.0 Å². The molecule has 1 aromatic carbocycles. The quantitative estimate of drug-likeness (QED) is 0.737. The summed E-state index contributed by atoms with van der Waals surface area (Å²) in [5.74, 6) is 0.679. The Morgan fingerprint density at radius 1 is 1.38 bits per heavy atom. The molecule has 5 nitrogen and oxygen atoms in total. The third kappa shape index (κ3) is 3.68. The number of azo groups is 1. The van der Waals surface area contributed by atoms with Crippen molar-refractivity contribution in [3.63, 3.8) is 0 Å². The fourth-order valence-electron chi connectivity index (χ4n) is 1.15. The monoisotopic (exact) mass is 222 g/mol. The molecule has 0 atom stereocenters. The number of hydrogen-bond donors (Lipinski definition) is 0. The molecule has 1 aromatic rings. The van der Waals surface area contributed by atoms with Crippen LogP contribution in [0.15, 0.2) is 28.4 Å². The van der Waals surface area contributed by atoms with Crippen LogP contribution in [0.1, 0.15) is 12.5 Å². The number of hydrogen-bond acceptors (Lipinski definition) is 4. The Balaban J connectivity index is 2.80. The van der Waals surface area contributed by atoms with Crippen LogP contribution in [0.3, 0.4) is 0 Å². The van der Waals surface area contributed by atoms with E-state index in [4.69, 9.17) is 4.74 Å². The first-order valence-electron chi connectivity index (χ1n) is 4.90. The summed E-state index contributed by atoms with van der Waals surface area (Å²) >= 11 is 0. The molecule has 5 heteroatoms. The van der Waals surface area contributed by atoms with Crippen LogP contribution in [0.5, 0.6) is 5.75 Å². The predicted molar refractivity (Wildman–Crippen MR) is 59.3 cm³/mol. The lowest BCUT2D eigenvalue weighted by Gasteiger charge is -2.02. The molecule has 0 aliphatic heterocycles. The Labute approximate surface area is 94.1 Å². The molecule has 0 fully saturated rings. The standard InChI is InChI=1S/C11H14N2O3/c1-4-16-11(14)13-12-9-5-8(2)6-10(7-9)15-3/h5-7H,4H2,1-3H3. The fourth-order valence-corrected chi connectivity index (χ4v) is 1.15. The molecule has 0 radical (unpaired) electrons. The number of methoxy groups -OCH3 is 1. The molecule has 16 heavy (non-hydrogen) atoms. The van der Waals surface area contributed by atoms with Crippen molar-refractivity contribution in [1.29, 1.82) is 0 Å². The molecule has 0 unspecified atom stereocenters. The number of rotatable bonds is 3. The minimum atomic E-state index is -0.692. The molecule has 0 bridgehead atoms. The SMILES string of the molecule is CCOC(=O)N=Nc1cc(C)cc(OC)c1. The Kier molecular flexibility index (Phi) is 4.44. The van der Waals surface area contributed by atoms with Crippen molar-refractivity contribution < 1.29 is 14.3 Å². The van der Waals surface area contributed by atoms with Gasteiger partial charge in [0.1, 0.15) is 5.75 Å². The molecule has 0 aromatic heterocycles. The zero-order chi connectivity index (χ0) is 12.0. The normalized spacial score (nSPS) is 10.4. The molecule has 0 heterocycles. The summed E-state index contributed by atoms with van der Waals surface area (Å²) in [5, 5.41) is 7.17. The summed E-state index contributed by atoms with van der Waals surface area (Å²) in [6.45, 7) is 3.91. The Hall–Kier alpha value is -1.91. The van der Waals surface area contributed by atoms with Crippen molar-refractivity contribution in [2.45, 2.75) is 13.8 Å². The second kappa shape index (κ2) is 5.85. The van der Waals surface area contributed by atoms with Gasteiger partial charge in [0.05, 0.1) is 19.4 Å². The molecular formula is C11H14N2O3. The van der Waals surface area contributed by atoms with Crippen molar-refractivity contribution in [2.75, 3.05) is 13.7 Å². The summed E-state index contributed by atoms with van der Waals surface area (Å²) < 4.78 is 9.69. The third-order valence-electron chi connectivity index (χ3n) is 1.79. The fraction of sp³-hybridized carbons (Fsp3) is 0.364. The summed E-state index contributed by atoms with van der Waals surface area (Å²) in [6.07, 6.45) is -0.692. The Morgan fingerprint density at radius 2 is 2.12 bits per heavy atom. The van der Waals surface area contributed by atoms with E-state index in [0.717, 1.165) is 5.56 Å². The first-order valence-corrected chi connectivity index (χ1v) is 4.90. The highest BCUT2D eigenvalue weighted by Gasteiger charge is 2.00. The van der Waals surface area contributed by atoms with Gasteiger partial charge in [0.25, 0.3) is 0 Å². The third-order valence-corrected chi connectivity index (χ3v) is 1.79. The zero-order valence-electron chi connectivity index (χ0n) is 9.56. The molecule has 0 saturated carbocycles. The highest BCUT2D eigenvalue weighted by Crippen LogP contribution is 2.22. The second-order valence-corrected chi connectivity index (χ2v) is 3.11. The van der Waals surface area contributed by atoms with E-state index in [1.54, 1.807) is 26.2 Å². The topological polar surface area (TPSA) is 60.2 Å². The average Bonchev–Trinajstić information content (AvgIpc) is 2.26. The number of carbonyl (C=O) groups is 1. The van der Waals surface area contributed by atoms with E-state index >= 15 is 0 Å². The van der Waals surface area contributed by atoms with E-state index < -0.39 is 6.09 Å².